The van der Waals surface area contributed by atoms with Crippen molar-refractivity contribution in [2.24, 2.45) is 0 Å². The Bertz CT molecular complexity index is 369. The highest BCUT2D eigenvalue weighted by atomic mass is 15.0. The molecule has 2 N–H and O–H groups in total. The number of nitrogens with one attached hydrogen (secondary N) is 2. The second-order valence-corrected chi connectivity index (χ2v) is 3.32. The van der Waals surface area contributed by atoms with Crippen molar-refractivity contribution in [1.82, 2.24) is 20.3 Å². The fourth-order valence-electron chi connectivity index (χ4n) is 1.38. The van der Waals surface area contributed by atoms with Crippen LogP contribution in [0.1, 0.15) is 11.4 Å². The van der Waals surface area contributed by atoms with Crippen LogP contribution < -0.4 is 5.32 Å². The van der Waals surface area contributed by atoms with Crippen LogP contribution in [-0.4, -0.2) is 21.5 Å². The molecule has 0 aliphatic heterocycles. The fraction of sp³-hybridized carbons (Fsp3) is 0.273. The lowest BCUT2D eigenvalue weighted by molar-refractivity contribution is 0.664. The molecular weight excluding hydrogens is 188 g/mol. The summed E-state index contributed by atoms with van der Waals surface area (Å²) >= 11 is 0. The molecule has 4 nitrogen and oxygen atoms in total. The van der Waals surface area contributed by atoms with Crippen molar-refractivity contribution in [1.29, 1.82) is 0 Å². The number of H-pyrrole nitrogens is 1. The zero-order chi connectivity index (χ0) is 10.3. The van der Waals surface area contributed by atoms with Gasteiger partial charge >= 0.3 is 0 Å². The maximum atomic E-state index is 4.13. The van der Waals surface area contributed by atoms with Crippen molar-refractivity contribution in [3.63, 3.8) is 0 Å². The largest absolute Gasteiger partial charge is 0.348 e. The first-order valence-electron chi connectivity index (χ1n) is 5.03. The van der Waals surface area contributed by atoms with Crippen LogP contribution in [0.25, 0.3) is 0 Å². The predicted molar refractivity (Wildman–Crippen MR) is 58.2 cm³/mol. The van der Waals surface area contributed by atoms with Gasteiger partial charge in [-0.2, -0.15) is 0 Å². The molecule has 0 fully saturated rings. The summed E-state index contributed by atoms with van der Waals surface area (Å²) in [6.07, 6.45) is 8.26. The minimum absolute atomic E-state index is 0.790. The van der Waals surface area contributed by atoms with Crippen LogP contribution in [-0.2, 0) is 13.0 Å². The Hall–Kier alpha value is -1.68. The SMILES string of the molecule is c1cc(CCNCc2ncc[nH]2)ccn1. The van der Waals surface area contributed by atoms with E-state index in [-0.39, 0.29) is 0 Å². The average Bonchev–Trinajstić information content (AvgIpc) is 2.79. The Morgan fingerprint density at radius 3 is 2.80 bits per heavy atom. The van der Waals surface area contributed by atoms with Crippen molar-refractivity contribution in [3.8, 4) is 0 Å². The third-order valence-corrected chi connectivity index (χ3v) is 2.19. The highest BCUT2D eigenvalue weighted by Crippen LogP contribution is 1.96. The van der Waals surface area contributed by atoms with Gasteiger partial charge in [0.25, 0.3) is 0 Å². The molecule has 0 unspecified atom stereocenters. The molecule has 0 saturated carbocycles. The first-order chi connectivity index (χ1) is 7.45. The molecule has 0 aliphatic rings. The van der Waals surface area contributed by atoms with E-state index in [0.29, 0.717) is 0 Å². The second-order valence-electron chi connectivity index (χ2n) is 3.32. The van der Waals surface area contributed by atoms with Gasteiger partial charge in [0.15, 0.2) is 0 Å². The molecule has 2 heterocycles. The van der Waals surface area contributed by atoms with E-state index >= 15 is 0 Å². The van der Waals surface area contributed by atoms with Crippen molar-refractivity contribution in [3.05, 3.63) is 48.3 Å². The van der Waals surface area contributed by atoms with Gasteiger partial charge in [0.05, 0.1) is 6.54 Å². The Balaban J connectivity index is 1.68. The lowest BCUT2D eigenvalue weighted by atomic mass is 10.2. The minimum atomic E-state index is 0.790. The molecule has 0 aromatic carbocycles. The molecule has 0 spiro atoms. The summed E-state index contributed by atoms with van der Waals surface area (Å²) in [5.74, 6) is 0.977. The molecular formula is C11H14N4. The van der Waals surface area contributed by atoms with E-state index in [0.717, 1.165) is 25.3 Å². The molecule has 2 aromatic rings. The molecule has 0 radical (unpaired) electrons. The summed E-state index contributed by atoms with van der Waals surface area (Å²) in [6.45, 7) is 1.74. The van der Waals surface area contributed by atoms with Crippen LogP contribution in [0.2, 0.25) is 0 Å². The van der Waals surface area contributed by atoms with Gasteiger partial charge < -0.3 is 10.3 Å². The third-order valence-electron chi connectivity index (χ3n) is 2.19. The molecule has 15 heavy (non-hydrogen) atoms. The van der Waals surface area contributed by atoms with E-state index in [2.05, 4.69) is 20.3 Å². The summed E-state index contributed by atoms with van der Waals surface area (Å²) in [5, 5.41) is 3.32. The first-order valence-corrected chi connectivity index (χ1v) is 5.03. The van der Waals surface area contributed by atoms with Crippen molar-refractivity contribution in [2.75, 3.05) is 6.54 Å². The van der Waals surface area contributed by atoms with Gasteiger partial charge in [0, 0.05) is 24.8 Å². The van der Waals surface area contributed by atoms with Crippen molar-refractivity contribution < 1.29 is 0 Å². The number of hydrogen-bond acceptors (Lipinski definition) is 3. The quantitative estimate of drug-likeness (QED) is 0.715. The summed E-state index contributed by atoms with van der Waals surface area (Å²) in [5.41, 5.74) is 1.30. The summed E-state index contributed by atoms with van der Waals surface area (Å²) in [7, 11) is 0. The molecule has 78 valence electrons. The number of imidazole rings is 1. The number of hydrogen-bond donors (Lipinski definition) is 2. The van der Waals surface area contributed by atoms with E-state index < -0.39 is 0 Å². The van der Waals surface area contributed by atoms with Gasteiger partial charge in [-0.25, -0.2) is 4.98 Å². The predicted octanol–water partition coefficient (Wildman–Crippen LogP) is 1.14. The minimum Gasteiger partial charge on any atom is -0.348 e. The van der Waals surface area contributed by atoms with Crippen LogP contribution in [0.15, 0.2) is 36.9 Å². The van der Waals surface area contributed by atoms with E-state index in [9.17, 15) is 0 Å². The zero-order valence-corrected chi connectivity index (χ0v) is 8.48. The topological polar surface area (TPSA) is 53.6 Å². The maximum Gasteiger partial charge on any atom is 0.120 e. The lowest BCUT2D eigenvalue weighted by Gasteiger charge is -2.02. The van der Waals surface area contributed by atoms with Crippen LogP contribution in [0.3, 0.4) is 0 Å². The number of aromatic nitrogens is 3. The van der Waals surface area contributed by atoms with Gasteiger partial charge in [-0.05, 0) is 30.7 Å². The molecule has 2 rings (SSSR count). The molecule has 4 heteroatoms. The number of rotatable bonds is 5. The van der Waals surface area contributed by atoms with Crippen LogP contribution >= 0.6 is 0 Å². The number of aromatic amines is 1. The lowest BCUT2D eigenvalue weighted by Crippen LogP contribution is -2.17. The van der Waals surface area contributed by atoms with Gasteiger partial charge in [-0.15, -0.1) is 0 Å². The van der Waals surface area contributed by atoms with Gasteiger partial charge in [0.2, 0.25) is 0 Å². The van der Waals surface area contributed by atoms with Crippen LogP contribution in [0, 0.1) is 0 Å². The van der Waals surface area contributed by atoms with E-state index in [1.807, 2.05) is 30.7 Å². The zero-order valence-electron chi connectivity index (χ0n) is 8.48. The van der Waals surface area contributed by atoms with Crippen molar-refractivity contribution in [2.45, 2.75) is 13.0 Å². The molecule has 0 amide bonds. The summed E-state index contributed by atoms with van der Waals surface area (Å²) in [4.78, 5) is 11.2. The van der Waals surface area contributed by atoms with E-state index in [1.165, 1.54) is 5.56 Å². The standard InChI is InChI=1S/C11H14N4/c1-4-12-5-2-10(1)3-6-13-9-11-14-7-8-15-11/h1-2,4-5,7-8,13H,3,6,9H2,(H,14,15). The van der Waals surface area contributed by atoms with Gasteiger partial charge in [-0.3, -0.25) is 4.98 Å². The summed E-state index contributed by atoms with van der Waals surface area (Å²) < 4.78 is 0. The monoisotopic (exact) mass is 202 g/mol. The molecule has 0 aliphatic carbocycles. The van der Waals surface area contributed by atoms with E-state index in [1.54, 1.807) is 6.20 Å². The van der Waals surface area contributed by atoms with Gasteiger partial charge in [0.1, 0.15) is 5.82 Å². The third kappa shape index (κ3) is 3.18. The molecule has 0 bridgehead atoms. The Labute approximate surface area is 88.8 Å². The van der Waals surface area contributed by atoms with Crippen molar-refractivity contribution >= 4 is 0 Å². The fourth-order valence-corrected chi connectivity index (χ4v) is 1.38. The Morgan fingerprint density at radius 1 is 1.20 bits per heavy atom. The molecule has 0 saturated heterocycles. The average molecular weight is 202 g/mol. The van der Waals surface area contributed by atoms with E-state index in [4.69, 9.17) is 0 Å². The van der Waals surface area contributed by atoms with Gasteiger partial charge in [-0.1, -0.05) is 0 Å². The summed E-state index contributed by atoms with van der Waals surface area (Å²) in [6, 6.07) is 4.07. The number of nitrogens with zero attached hydrogens (tertiary/aromatic N) is 2. The molecule has 2 aromatic heterocycles. The Morgan fingerprint density at radius 2 is 2.07 bits per heavy atom. The first kappa shape index (κ1) is 9.86. The highest BCUT2D eigenvalue weighted by Gasteiger charge is 1.94. The highest BCUT2D eigenvalue weighted by molar-refractivity contribution is 5.09. The second kappa shape index (κ2) is 5.26. The molecule has 0 atom stereocenters. The van der Waals surface area contributed by atoms with Crippen LogP contribution in [0.4, 0.5) is 0 Å². The Kier molecular flexibility index (Phi) is 3.46. The normalized spacial score (nSPS) is 10.4. The number of pyridine rings is 1. The van der Waals surface area contributed by atoms with Crippen LogP contribution in [0.5, 0.6) is 0 Å². The maximum absolute atomic E-state index is 4.13. The smallest absolute Gasteiger partial charge is 0.120 e.